The molecule has 1 saturated heterocycles. The van der Waals surface area contributed by atoms with Crippen molar-refractivity contribution in [1.82, 2.24) is 9.78 Å². The molecule has 1 aromatic heterocycles. The minimum absolute atomic E-state index is 0.0682. The number of phenols is 2. The quantitative estimate of drug-likeness (QED) is 0.175. The normalized spacial score (nSPS) is 14.8. The molecule has 11 heteroatoms. The number of carbonyl (C=O) groups excluding carboxylic acids is 2. The van der Waals surface area contributed by atoms with E-state index in [9.17, 15) is 19.8 Å². The van der Waals surface area contributed by atoms with E-state index in [1.165, 1.54) is 24.3 Å². The van der Waals surface area contributed by atoms with Crippen LogP contribution in [0.25, 0.3) is 11.3 Å². The van der Waals surface area contributed by atoms with Gasteiger partial charge in [-0.25, -0.2) is 4.68 Å². The Morgan fingerprint density at radius 3 is 2.14 bits per heavy atom. The first kappa shape index (κ1) is 30.4. The van der Waals surface area contributed by atoms with Crippen molar-refractivity contribution in [2.45, 2.75) is 52.6 Å². The maximum absolute atomic E-state index is 11.1. The Morgan fingerprint density at radius 1 is 0.930 bits per heavy atom. The molecule has 0 spiro atoms. The van der Waals surface area contributed by atoms with Crippen LogP contribution in [-0.4, -0.2) is 39.2 Å². The van der Waals surface area contributed by atoms with Crippen molar-refractivity contribution >= 4 is 35.8 Å². The molecule has 0 bridgehead atoms. The van der Waals surface area contributed by atoms with Gasteiger partial charge in [-0.1, -0.05) is 41.4 Å². The summed E-state index contributed by atoms with van der Waals surface area (Å²) in [5, 5.41) is 25.5. The van der Waals surface area contributed by atoms with Crippen molar-refractivity contribution in [3.05, 3.63) is 86.0 Å². The number of aromatic nitrogens is 2. The molecule has 2 heterocycles. The van der Waals surface area contributed by atoms with E-state index in [2.05, 4.69) is 0 Å². The SMILES string of the molecule is Cc1c(COc2cc(O)c(C=O)cc2Cl)cccc1-c1c(C)c(COc2cc(O)c(C=O)cc2Cl)nn1C1CCCCO1. The van der Waals surface area contributed by atoms with Crippen LogP contribution in [0, 0.1) is 13.8 Å². The highest BCUT2D eigenvalue weighted by molar-refractivity contribution is 6.32. The molecule has 43 heavy (non-hydrogen) atoms. The maximum Gasteiger partial charge on any atom is 0.153 e. The summed E-state index contributed by atoms with van der Waals surface area (Å²) in [7, 11) is 0. The van der Waals surface area contributed by atoms with Crippen LogP contribution < -0.4 is 9.47 Å². The Labute approximate surface area is 258 Å². The van der Waals surface area contributed by atoms with Crippen LogP contribution in [0.3, 0.4) is 0 Å². The average Bonchev–Trinajstić information content (AvgIpc) is 3.34. The van der Waals surface area contributed by atoms with Crippen LogP contribution in [0.5, 0.6) is 23.0 Å². The number of benzene rings is 3. The van der Waals surface area contributed by atoms with Gasteiger partial charge in [-0.2, -0.15) is 5.10 Å². The molecule has 0 radical (unpaired) electrons. The molecule has 224 valence electrons. The molecule has 1 atom stereocenters. The van der Waals surface area contributed by atoms with Crippen molar-refractivity contribution in [3.63, 3.8) is 0 Å². The second kappa shape index (κ2) is 13.1. The lowest BCUT2D eigenvalue weighted by Gasteiger charge is -2.25. The summed E-state index contributed by atoms with van der Waals surface area (Å²) in [6.45, 7) is 4.83. The van der Waals surface area contributed by atoms with Gasteiger partial charge >= 0.3 is 0 Å². The molecular weight excluding hydrogens is 595 g/mol. The fraction of sp³-hybridized carbons (Fsp3) is 0.281. The predicted molar refractivity (Wildman–Crippen MR) is 162 cm³/mol. The third-order valence-corrected chi connectivity index (χ3v) is 8.13. The van der Waals surface area contributed by atoms with Gasteiger partial charge in [0.15, 0.2) is 18.8 Å². The first-order valence-electron chi connectivity index (χ1n) is 13.7. The van der Waals surface area contributed by atoms with E-state index in [1.54, 1.807) is 0 Å². The van der Waals surface area contributed by atoms with Gasteiger partial charge < -0.3 is 24.4 Å². The van der Waals surface area contributed by atoms with E-state index >= 15 is 0 Å². The van der Waals surface area contributed by atoms with Gasteiger partial charge in [0.25, 0.3) is 0 Å². The molecule has 3 aromatic carbocycles. The zero-order valence-corrected chi connectivity index (χ0v) is 25.1. The number of aldehydes is 2. The Morgan fingerprint density at radius 2 is 1.56 bits per heavy atom. The zero-order chi connectivity index (χ0) is 30.7. The summed E-state index contributed by atoms with van der Waals surface area (Å²) in [6.07, 6.45) is 3.60. The molecule has 2 N–H and O–H groups in total. The van der Waals surface area contributed by atoms with Gasteiger partial charge in [0.05, 0.1) is 26.9 Å². The average molecular weight is 626 g/mol. The molecular formula is C32H30Cl2N2O7. The summed E-state index contributed by atoms with van der Waals surface area (Å²) in [4.78, 5) is 22.3. The van der Waals surface area contributed by atoms with Crippen molar-refractivity contribution < 1.29 is 34.0 Å². The van der Waals surface area contributed by atoms with Crippen LogP contribution in [0.2, 0.25) is 10.0 Å². The third-order valence-electron chi connectivity index (χ3n) is 7.54. The van der Waals surface area contributed by atoms with Crippen molar-refractivity contribution in [2.75, 3.05) is 6.61 Å². The smallest absolute Gasteiger partial charge is 0.153 e. The number of nitrogens with zero attached hydrogens (tertiary/aromatic N) is 2. The fourth-order valence-corrected chi connectivity index (χ4v) is 5.53. The number of aromatic hydroxyl groups is 2. The molecule has 1 unspecified atom stereocenters. The van der Waals surface area contributed by atoms with Gasteiger partial charge in [-0.3, -0.25) is 9.59 Å². The topological polar surface area (TPSA) is 120 Å². The van der Waals surface area contributed by atoms with Crippen molar-refractivity contribution in [2.24, 2.45) is 0 Å². The largest absolute Gasteiger partial charge is 0.507 e. The highest BCUT2D eigenvalue weighted by Crippen LogP contribution is 2.38. The third kappa shape index (κ3) is 6.34. The summed E-state index contributed by atoms with van der Waals surface area (Å²) >= 11 is 12.6. The number of phenolic OH excluding ortho intramolecular Hbond substituents is 2. The standard InChI is InChI=1S/C32H30Cl2N2O7/c1-18-20(16-42-29-12-27(39)21(14-37)10-24(29)33)6-5-7-23(18)32-19(2)26(35-36(32)31-8-3-4-9-41-31)17-43-30-13-28(40)22(15-38)11-25(30)34/h5-7,10-15,31,39-40H,3-4,8-9,16-17H2,1-2H3. The molecule has 5 rings (SSSR count). The molecule has 9 nitrogen and oxygen atoms in total. The lowest BCUT2D eigenvalue weighted by molar-refractivity contribution is -0.0387. The van der Waals surface area contributed by atoms with Crippen LogP contribution in [0.15, 0.2) is 42.5 Å². The molecule has 0 saturated carbocycles. The van der Waals surface area contributed by atoms with Gasteiger partial charge in [0.2, 0.25) is 0 Å². The summed E-state index contributed by atoms with van der Waals surface area (Å²) in [6, 6.07) is 11.3. The lowest BCUT2D eigenvalue weighted by Crippen LogP contribution is -2.20. The number of ether oxygens (including phenoxy) is 3. The van der Waals surface area contributed by atoms with Crippen molar-refractivity contribution in [3.8, 4) is 34.3 Å². The van der Waals surface area contributed by atoms with E-state index in [0.29, 0.717) is 24.9 Å². The minimum Gasteiger partial charge on any atom is -0.507 e. The monoisotopic (exact) mass is 624 g/mol. The summed E-state index contributed by atoms with van der Waals surface area (Å²) < 4.78 is 19.9. The highest BCUT2D eigenvalue weighted by Gasteiger charge is 2.26. The molecule has 4 aromatic rings. The van der Waals surface area contributed by atoms with E-state index in [-0.39, 0.29) is 63.6 Å². The van der Waals surface area contributed by atoms with E-state index in [0.717, 1.165) is 47.2 Å². The number of halogens is 2. The first-order chi connectivity index (χ1) is 20.7. The summed E-state index contributed by atoms with van der Waals surface area (Å²) in [5.41, 5.74) is 5.36. The molecule has 0 amide bonds. The van der Waals surface area contributed by atoms with E-state index in [4.69, 9.17) is 42.5 Å². The fourth-order valence-electron chi connectivity index (χ4n) is 5.08. The maximum atomic E-state index is 11.1. The number of hydrogen-bond donors (Lipinski definition) is 2. The molecule has 0 aliphatic carbocycles. The Kier molecular flexibility index (Phi) is 9.25. The first-order valence-corrected chi connectivity index (χ1v) is 14.5. The van der Waals surface area contributed by atoms with Gasteiger partial charge in [0, 0.05) is 29.9 Å². The zero-order valence-electron chi connectivity index (χ0n) is 23.6. The lowest BCUT2D eigenvalue weighted by atomic mass is 9.97. The van der Waals surface area contributed by atoms with E-state index in [1.807, 2.05) is 36.7 Å². The minimum atomic E-state index is -0.256. The van der Waals surface area contributed by atoms with Crippen LogP contribution in [0.4, 0.5) is 0 Å². The van der Waals surface area contributed by atoms with Crippen LogP contribution in [0.1, 0.15) is 68.6 Å². The Hall–Kier alpha value is -4.05. The molecule has 1 fully saturated rings. The predicted octanol–water partition coefficient (Wildman–Crippen LogP) is 7.37. The summed E-state index contributed by atoms with van der Waals surface area (Å²) in [5.74, 6) is 0.0590. The second-order valence-corrected chi connectivity index (χ2v) is 11.1. The Bertz CT molecular complexity index is 1680. The van der Waals surface area contributed by atoms with E-state index < -0.39 is 0 Å². The van der Waals surface area contributed by atoms with Gasteiger partial charge in [0.1, 0.15) is 41.9 Å². The number of carbonyl (C=O) groups is 2. The van der Waals surface area contributed by atoms with Gasteiger partial charge in [-0.05, 0) is 56.4 Å². The number of rotatable bonds is 10. The Balaban J connectivity index is 1.47. The highest BCUT2D eigenvalue weighted by atomic mass is 35.5. The second-order valence-electron chi connectivity index (χ2n) is 10.3. The van der Waals surface area contributed by atoms with Gasteiger partial charge in [-0.15, -0.1) is 0 Å². The molecule has 1 aliphatic heterocycles. The number of hydrogen-bond acceptors (Lipinski definition) is 8. The molecule has 1 aliphatic rings. The van der Waals surface area contributed by atoms with Crippen LogP contribution in [-0.2, 0) is 18.0 Å². The van der Waals surface area contributed by atoms with Crippen LogP contribution >= 0.6 is 23.2 Å². The van der Waals surface area contributed by atoms with Crippen molar-refractivity contribution in [1.29, 1.82) is 0 Å².